The van der Waals surface area contributed by atoms with Crippen LogP contribution in [-0.4, -0.2) is 17.8 Å². The average molecular weight is 195 g/mol. The van der Waals surface area contributed by atoms with Gasteiger partial charge in [0.1, 0.15) is 11.9 Å². The van der Waals surface area contributed by atoms with Gasteiger partial charge in [-0.1, -0.05) is 18.2 Å². The molecule has 1 heterocycles. The number of rotatable bonds is 1. The molecule has 2 rings (SSSR count). The predicted molar refractivity (Wildman–Crippen MR) is 53.0 cm³/mol. The summed E-state index contributed by atoms with van der Waals surface area (Å²) in [6.45, 7) is 0.681. The zero-order valence-electron chi connectivity index (χ0n) is 7.91. The summed E-state index contributed by atoms with van der Waals surface area (Å²) < 4.78 is 13.1. The molecule has 1 aromatic rings. The highest BCUT2D eigenvalue weighted by Crippen LogP contribution is 2.30. The predicted octanol–water partition coefficient (Wildman–Crippen LogP) is 2.15. The SMILES string of the molecule is Oc1ccccc1C1CC(F)CCN1. The Bertz CT molecular complexity index is 316. The van der Waals surface area contributed by atoms with Crippen molar-refractivity contribution in [2.75, 3.05) is 6.54 Å². The Hall–Kier alpha value is -1.09. The van der Waals surface area contributed by atoms with Crippen molar-refractivity contribution >= 4 is 0 Å². The molecule has 0 bridgehead atoms. The smallest absolute Gasteiger partial charge is 0.120 e. The lowest BCUT2D eigenvalue weighted by Crippen LogP contribution is -2.32. The van der Waals surface area contributed by atoms with E-state index in [-0.39, 0.29) is 11.8 Å². The minimum atomic E-state index is -0.749. The van der Waals surface area contributed by atoms with Crippen LogP contribution in [0.25, 0.3) is 0 Å². The molecule has 2 atom stereocenters. The molecule has 1 fully saturated rings. The molecule has 0 spiro atoms. The molecule has 0 saturated carbocycles. The van der Waals surface area contributed by atoms with Crippen molar-refractivity contribution in [2.24, 2.45) is 0 Å². The Morgan fingerprint density at radius 2 is 2.14 bits per heavy atom. The fraction of sp³-hybridized carbons (Fsp3) is 0.455. The molecular formula is C11H14FNO. The van der Waals surface area contributed by atoms with Crippen LogP contribution in [0, 0.1) is 0 Å². The first-order chi connectivity index (χ1) is 6.77. The number of halogens is 1. The summed E-state index contributed by atoms with van der Waals surface area (Å²) in [5.41, 5.74) is 0.801. The first-order valence-corrected chi connectivity index (χ1v) is 4.92. The van der Waals surface area contributed by atoms with Gasteiger partial charge in [0.25, 0.3) is 0 Å². The molecule has 2 unspecified atom stereocenters. The molecule has 14 heavy (non-hydrogen) atoms. The Morgan fingerprint density at radius 1 is 1.36 bits per heavy atom. The van der Waals surface area contributed by atoms with Crippen LogP contribution in [0.4, 0.5) is 4.39 Å². The number of benzene rings is 1. The number of nitrogens with one attached hydrogen (secondary N) is 1. The fourth-order valence-electron chi connectivity index (χ4n) is 1.89. The highest BCUT2D eigenvalue weighted by Gasteiger charge is 2.23. The Balaban J connectivity index is 2.18. The van der Waals surface area contributed by atoms with Crippen molar-refractivity contribution in [3.63, 3.8) is 0 Å². The molecule has 0 amide bonds. The van der Waals surface area contributed by atoms with Gasteiger partial charge in [-0.05, 0) is 25.5 Å². The van der Waals surface area contributed by atoms with Gasteiger partial charge in [0.2, 0.25) is 0 Å². The van der Waals surface area contributed by atoms with Crippen molar-refractivity contribution < 1.29 is 9.50 Å². The van der Waals surface area contributed by atoms with E-state index in [1.54, 1.807) is 12.1 Å². The van der Waals surface area contributed by atoms with Gasteiger partial charge in [-0.15, -0.1) is 0 Å². The van der Waals surface area contributed by atoms with E-state index in [0.717, 1.165) is 5.56 Å². The molecule has 1 saturated heterocycles. The summed E-state index contributed by atoms with van der Waals surface area (Å²) in [4.78, 5) is 0. The molecule has 3 heteroatoms. The topological polar surface area (TPSA) is 32.3 Å². The van der Waals surface area contributed by atoms with E-state index in [1.165, 1.54) is 0 Å². The maximum Gasteiger partial charge on any atom is 0.120 e. The summed E-state index contributed by atoms with van der Waals surface area (Å²) in [6.07, 6.45) is 0.280. The van der Waals surface area contributed by atoms with Crippen molar-refractivity contribution in [3.8, 4) is 5.75 Å². The third-order valence-corrected chi connectivity index (χ3v) is 2.65. The van der Waals surface area contributed by atoms with E-state index in [4.69, 9.17) is 0 Å². The van der Waals surface area contributed by atoms with E-state index in [1.807, 2.05) is 12.1 Å². The second-order valence-corrected chi connectivity index (χ2v) is 3.69. The largest absolute Gasteiger partial charge is 0.508 e. The third kappa shape index (κ3) is 1.87. The van der Waals surface area contributed by atoms with E-state index >= 15 is 0 Å². The summed E-state index contributed by atoms with van der Waals surface area (Å²) in [5, 5.41) is 12.8. The highest BCUT2D eigenvalue weighted by molar-refractivity contribution is 5.34. The van der Waals surface area contributed by atoms with Crippen LogP contribution in [-0.2, 0) is 0 Å². The molecule has 1 aliphatic rings. The first-order valence-electron chi connectivity index (χ1n) is 4.92. The van der Waals surface area contributed by atoms with E-state index in [2.05, 4.69) is 5.32 Å². The van der Waals surface area contributed by atoms with Gasteiger partial charge in [-0.25, -0.2) is 4.39 Å². The van der Waals surface area contributed by atoms with Crippen LogP contribution in [0.5, 0.6) is 5.75 Å². The molecule has 76 valence electrons. The van der Waals surface area contributed by atoms with E-state index < -0.39 is 6.17 Å². The van der Waals surface area contributed by atoms with Gasteiger partial charge in [0.15, 0.2) is 0 Å². The van der Waals surface area contributed by atoms with Gasteiger partial charge in [-0.2, -0.15) is 0 Å². The van der Waals surface area contributed by atoms with Crippen LogP contribution < -0.4 is 5.32 Å². The summed E-state index contributed by atoms with van der Waals surface area (Å²) in [6, 6.07) is 7.07. The maximum atomic E-state index is 13.1. The monoisotopic (exact) mass is 195 g/mol. The van der Waals surface area contributed by atoms with Gasteiger partial charge < -0.3 is 10.4 Å². The second kappa shape index (κ2) is 3.96. The molecular weight excluding hydrogens is 181 g/mol. The van der Waals surface area contributed by atoms with Crippen molar-refractivity contribution in [1.82, 2.24) is 5.32 Å². The standard InChI is InChI=1S/C11H14FNO/c12-8-5-6-13-10(7-8)9-3-1-2-4-11(9)14/h1-4,8,10,13-14H,5-7H2. The summed E-state index contributed by atoms with van der Waals surface area (Å²) in [5.74, 6) is 0.249. The number of hydrogen-bond donors (Lipinski definition) is 2. The van der Waals surface area contributed by atoms with Crippen molar-refractivity contribution in [1.29, 1.82) is 0 Å². The number of phenols is 1. The third-order valence-electron chi connectivity index (χ3n) is 2.65. The van der Waals surface area contributed by atoms with Crippen molar-refractivity contribution in [3.05, 3.63) is 29.8 Å². The highest BCUT2D eigenvalue weighted by atomic mass is 19.1. The van der Waals surface area contributed by atoms with Crippen LogP contribution in [0.3, 0.4) is 0 Å². The molecule has 2 nitrogen and oxygen atoms in total. The van der Waals surface area contributed by atoms with Crippen LogP contribution in [0.1, 0.15) is 24.4 Å². The van der Waals surface area contributed by atoms with Crippen molar-refractivity contribution in [2.45, 2.75) is 25.1 Å². The number of para-hydroxylation sites is 1. The van der Waals surface area contributed by atoms with Gasteiger partial charge in [0, 0.05) is 11.6 Å². The lowest BCUT2D eigenvalue weighted by molar-refractivity contribution is 0.222. The minimum absolute atomic E-state index is 0.0417. The number of piperidine rings is 1. The number of phenolic OH excluding ortho intramolecular Hbond substituents is 1. The molecule has 1 aliphatic heterocycles. The zero-order chi connectivity index (χ0) is 9.97. The molecule has 1 aromatic carbocycles. The minimum Gasteiger partial charge on any atom is -0.508 e. The Labute approximate surface area is 82.8 Å². The quantitative estimate of drug-likeness (QED) is 0.719. The zero-order valence-corrected chi connectivity index (χ0v) is 7.91. The maximum absolute atomic E-state index is 13.1. The molecule has 0 aliphatic carbocycles. The number of aromatic hydroxyl groups is 1. The normalized spacial score (nSPS) is 27.5. The lowest BCUT2D eigenvalue weighted by atomic mass is 9.96. The van der Waals surface area contributed by atoms with Gasteiger partial charge >= 0.3 is 0 Å². The van der Waals surface area contributed by atoms with Gasteiger partial charge in [0.05, 0.1) is 0 Å². The Kier molecular flexibility index (Phi) is 2.68. The molecule has 0 radical (unpaired) electrons. The van der Waals surface area contributed by atoms with E-state index in [9.17, 15) is 9.50 Å². The first kappa shape index (κ1) is 9.46. The summed E-state index contributed by atoms with van der Waals surface area (Å²) >= 11 is 0. The lowest BCUT2D eigenvalue weighted by Gasteiger charge is -2.26. The van der Waals surface area contributed by atoms with Gasteiger partial charge in [-0.3, -0.25) is 0 Å². The number of alkyl halides is 1. The average Bonchev–Trinajstić information content (AvgIpc) is 2.18. The molecule has 0 aromatic heterocycles. The molecule has 2 N–H and O–H groups in total. The van der Waals surface area contributed by atoms with Crippen LogP contribution in [0.2, 0.25) is 0 Å². The second-order valence-electron chi connectivity index (χ2n) is 3.69. The summed E-state index contributed by atoms with van der Waals surface area (Å²) in [7, 11) is 0. The van der Waals surface area contributed by atoms with Crippen LogP contribution >= 0.6 is 0 Å². The number of hydrogen-bond acceptors (Lipinski definition) is 2. The Morgan fingerprint density at radius 3 is 2.86 bits per heavy atom. The fourth-order valence-corrected chi connectivity index (χ4v) is 1.89. The van der Waals surface area contributed by atoms with E-state index in [0.29, 0.717) is 19.4 Å². The van der Waals surface area contributed by atoms with Crippen LogP contribution in [0.15, 0.2) is 24.3 Å².